The molecule has 1 unspecified atom stereocenters. The first kappa shape index (κ1) is 16.9. The van der Waals surface area contributed by atoms with E-state index in [-0.39, 0.29) is 5.97 Å². The van der Waals surface area contributed by atoms with Gasteiger partial charge in [0.2, 0.25) is 0 Å². The van der Waals surface area contributed by atoms with Crippen LogP contribution in [0.3, 0.4) is 0 Å². The largest absolute Gasteiger partial charge is 0.493 e. The number of rotatable bonds is 8. The summed E-state index contributed by atoms with van der Waals surface area (Å²) in [6, 6.07) is 5.59. The van der Waals surface area contributed by atoms with Crippen LogP contribution in [0.4, 0.5) is 0 Å². The molecule has 0 aliphatic carbocycles. The van der Waals surface area contributed by atoms with E-state index in [2.05, 4.69) is 6.07 Å². The van der Waals surface area contributed by atoms with Gasteiger partial charge in [-0.05, 0) is 44.0 Å². The summed E-state index contributed by atoms with van der Waals surface area (Å²) in [6.07, 6.45) is 0. The van der Waals surface area contributed by atoms with Gasteiger partial charge in [0.1, 0.15) is 11.8 Å². The molecule has 4 nitrogen and oxygen atoms in total. The molecule has 0 radical (unpaired) electrons. The van der Waals surface area contributed by atoms with Crippen molar-refractivity contribution in [1.82, 2.24) is 0 Å². The summed E-state index contributed by atoms with van der Waals surface area (Å²) in [7, 11) is 0. The average Bonchev–Trinajstić information content (AvgIpc) is 2.37. The fourth-order valence-corrected chi connectivity index (χ4v) is 2.52. The molecule has 0 saturated heterocycles. The van der Waals surface area contributed by atoms with E-state index < -0.39 is 6.04 Å². The average molecular weight is 297 g/mol. The molecule has 2 N–H and O–H groups in total. The van der Waals surface area contributed by atoms with Crippen molar-refractivity contribution >= 4 is 17.7 Å². The van der Waals surface area contributed by atoms with Crippen molar-refractivity contribution in [1.29, 1.82) is 0 Å². The molecule has 1 aromatic carbocycles. The smallest absolute Gasteiger partial charge is 0.323 e. The van der Waals surface area contributed by atoms with Crippen LogP contribution in [0, 0.1) is 13.8 Å². The molecule has 112 valence electrons. The predicted octanol–water partition coefficient (Wildman–Crippen LogP) is 2.31. The maximum atomic E-state index is 11.3. The van der Waals surface area contributed by atoms with E-state index >= 15 is 0 Å². The minimum absolute atomic E-state index is 0.338. The van der Waals surface area contributed by atoms with Crippen LogP contribution in [0.5, 0.6) is 5.75 Å². The molecular weight excluding hydrogens is 274 g/mol. The van der Waals surface area contributed by atoms with Gasteiger partial charge in [-0.15, -0.1) is 0 Å². The third-order valence-electron chi connectivity index (χ3n) is 2.58. The van der Waals surface area contributed by atoms with Crippen molar-refractivity contribution in [3.8, 4) is 5.75 Å². The zero-order valence-electron chi connectivity index (χ0n) is 12.3. The van der Waals surface area contributed by atoms with Gasteiger partial charge in [-0.25, -0.2) is 0 Å². The third-order valence-corrected chi connectivity index (χ3v) is 3.63. The highest BCUT2D eigenvalue weighted by Crippen LogP contribution is 2.16. The van der Waals surface area contributed by atoms with Gasteiger partial charge in [-0.1, -0.05) is 6.07 Å². The summed E-state index contributed by atoms with van der Waals surface area (Å²) in [6.45, 7) is 6.84. The molecule has 0 bridgehead atoms. The lowest BCUT2D eigenvalue weighted by Crippen LogP contribution is -2.34. The molecule has 0 spiro atoms. The number of hydrogen-bond acceptors (Lipinski definition) is 5. The topological polar surface area (TPSA) is 61.5 Å². The fourth-order valence-electron chi connectivity index (χ4n) is 1.76. The summed E-state index contributed by atoms with van der Waals surface area (Å²) < 4.78 is 10.5. The third kappa shape index (κ3) is 6.30. The molecule has 1 atom stereocenters. The number of carbonyl (C=O) groups excluding carboxylic acids is 1. The lowest BCUT2D eigenvalue weighted by molar-refractivity contribution is -0.144. The second-order valence-corrected chi connectivity index (χ2v) is 5.76. The first-order chi connectivity index (χ1) is 9.52. The Bertz CT molecular complexity index is 417. The maximum absolute atomic E-state index is 11.3. The van der Waals surface area contributed by atoms with Crippen LogP contribution in [0.25, 0.3) is 0 Å². The molecule has 0 saturated carbocycles. The Morgan fingerprint density at radius 1 is 1.30 bits per heavy atom. The second-order valence-electron chi connectivity index (χ2n) is 4.61. The van der Waals surface area contributed by atoms with Gasteiger partial charge >= 0.3 is 5.97 Å². The Morgan fingerprint density at radius 2 is 1.95 bits per heavy atom. The Kier molecular flexibility index (Phi) is 7.47. The summed E-state index contributed by atoms with van der Waals surface area (Å²) in [5.41, 5.74) is 8.08. The van der Waals surface area contributed by atoms with Gasteiger partial charge in [0, 0.05) is 11.5 Å². The highest BCUT2D eigenvalue weighted by atomic mass is 32.2. The van der Waals surface area contributed by atoms with E-state index in [1.807, 2.05) is 26.0 Å². The minimum Gasteiger partial charge on any atom is -0.493 e. The molecular formula is C15H23NO3S. The van der Waals surface area contributed by atoms with Crippen LogP contribution in [0.15, 0.2) is 18.2 Å². The van der Waals surface area contributed by atoms with Gasteiger partial charge in [0.15, 0.2) is 0 Å². The van der Waals surface area contributed by atoms with Crippen molar-refractivity contribution < 1.29 is 14.3 Å². The Morgan fingerprint density at radius 3 is 2.55 bits per heavy atom. The van der Waals surface area contributed by atoms with Crippen LogP contribution in [0.2, 0.25) is 0 Å². The molecule has 0 heterocycles. The van der Waals surface area contributed by atoms with Crippen molar-refractivity contribution in [3.05, 3.63) is 29.3 Å². The van der Waals surface area contributed by atoms with Crippen molar-refractivity contribution in [2.75, 3.05) is 24.7 Å². The monoisotopic (exact) mass is 297 g/mol. The number of thioether (sulfide) groups is 1. The van der Waals surface area contributed by atoms with Crippen molar-refractivity contribution in [2.24, 2.45) is 5.73 Å². The second kappa shape index (κ2) is 8.87. The van der Waals surface area contributed by atoms with E-state index in [1.165, 1.54) is 11.1 Å². The van der Waals surface area contributed by atoms with E-state index in [1.54, 1.807) is 18.7 Å². The molecule has 0 aliphatic heterocycles. The quantitative estimate of drug-likeness (QED) is 0.589. The van der Waals surface area contributed by atoms with E-state index in [4.69, 9.17) is 15.2 Å². The zero-order valence-corrected chi connectivity index (χ0v) is 13.2. The molecule has 5 heteroatoms. The molecule has 0 fully saturated rings. The Hall–Kier alpha value is -1.20. The lowest BCUT2D eigenvalue weighted by atomic mass is 10.1. The zero-order chi connectivity index (χ0) is 15.0. The number of hydrogen-bond donors (Lipinski definition) is 1. The van der Waals surface area contributed by atoms with Crippen LogP contribution >= 0.6 is 11.8 Å². The highest BCUT2D eigenvalue weighted by molar-refractivity contribution is 7.99. The molecule has 0 aliphatic rings. The van der Waals surface area contributed by atoms with Crippen LogP contribution in [-0.4, -0.2) is 36.7 Å². The molecule has 1 rings (SSSR count). The van der Waals surface area contributed by atoms with Crippen LogP contribution in [0.1, 0.15) is 18.1 Å². The predicted molar refractivity (Wildman–Crippen MR) is 83.3 cm³/mol. The SMILES string of the molecule is CCOC(=O)C(N)CSCCOc1cc(C)cc(C)c1. The van der Waals surface area contributed by atoms with Gasteiger partial charge in [-0.2, -0.15) is 11.8 Å². The fraction of sp³-hybridized carbons (Fsp3) is 0.533. The van der Waals surface area contributed by atoms with Crippen LogP contribution in [-0.2, 0) is 9.53 Å². The number of aryl methyl sites for hydroxylation is 2. The minimum atomic E-state index is -0.554. The first-order valence-electron chi connectivity index (χ1n) is 6.74. The molecule has 1 aromatic rings. The van der Waals surface area contributed by atoms with Gasteiger partial charge in [-0.3, -0.25) is 4.79 Å². The number of ether oxygens (including phenoxy) is 2. The number of nitrogens with two attached hydrogens (primary N) is 1. The van der Waals surface area contributed by atoms with Gasteiger partial charge < -0.3 is 15.2 Å². The summed E-state index contributed by atoms with van der Waals surface area (Å²) in [4.78, 5) is 11.3. The van der Waals surface area contributed by atoms with Crippen LogP contribution < -0.4 is 10.5 Å². The summed E-state index contributed by atoms with van der Waals surface area (Å²) in [5.74, 6) is 1.89. The van der Waals surface area contributed by atoms with E-state index in [9.17, 15) is 4.79 Å². The molecule has 20 heavy (non-hydrogen) atoms. The number of benzene rings is 1. The van der Waals surface area contributed by atoms with Crippen molar-refractivity contribution in [2.45, 2.75) is 26.8 Å². The lowest BCUT2D eigenvalue weighted by Gasteiger charge is -2.11. The Labute approximate surface area is 125 Å². The normalized spacial score (nSPS) is 12.0. The highest BCUT2D eigenvalue weighted by Gasteiger charge is 2.13. The summed E-state index contributed by atoms with van der Waals surface area (Å²) >= 11 is 1.59. The van der Waals surface area contributed by atoms with Gasteiger partial charge in [0.05, 0.1) is 13.2 Å². The number of esters is 1. The standard InChI is InChI=1S/C15H23NO3S/c1-4-18-15(17)14(16)10-20-6-5-19-13-8-11(2)7-12(3)9-13/h7-9,14H,4-6,10,16H2,1-3H3. The van der Waals surface area contributed by atoms with Crippen molar-refractivity contribution in [3.63, 3.8) is 0 Å². The van der Waals surface area contributed by atoms with E-state index in [0.29, 0.717) is 19.0 Å². The van der Waals surface area contributed by atoms with Gasteiger partial charge in [0.25, 0.3) is 0 Å². The maximum Gasteiger partial charge on any atom is 0.323 e. The Balaban J connectivity index is 2.20. The molecule has 0 amide bonds. The van der Waals surface area contributed by atoms with E-state index in [0.717, 1.165) is 11.5 Å². The molecule has 0 aromatic heterocycles. The first-order valence-corrected chi connectivity index (χ1v) is 7.89. The summed E-state index contributed by atoms with van der Waals surface area (Å²) in [5, 5.41) is 0. The number of carbonyl (C=O) groups is 1.